The molecule has 0 bridgehead atoms. The number of benzene rings is 2. The molecule has 0 amide bonds. The van der Waals surface area contributed by atoms with Crippen LogP contribution in [0.2, 0.25) is 0 Å². The van der Waals surface area contributed by atoms with E-state index in [2.05, 4.69) is 0 Å². The molecule has 1 N–H and O–H groups in total. The summed E-state index contributed by atoms with van der Waals surface area (Å²) in [6.45, 7) is 3.15. The fraction of sp³-hybridized carbons (Fsp3) is 0.312. The second kappa shape index (κ2) is 5.02. The van der Waals surface area contributed by atoms with Crippen LogP contribution in [0.25, 0.3) is 10.8 Å². The summed E-state index contributed by atoms with van der Waals surface area (Å²) in [5.74, 6) is 0.774. The van der Waals surface area contributed by atoms with E-state index in [0.717, 1.165) is 22.1 Å². The first-order valence-corrected chi connectivity index (χ1v) is 6.22. The van der Waals surface area contributed by atoms with Gasteiger partial charge in [-0.2, -0.15) is 0 Å². The number of aliphatic hydroxyl groups is 1. The van der Waals surface area contributed by atoms with Crippen molar-refractivity contribution in [1.29, 1.82) is 0 Å². The lowest BCUT2D eigenvalue weighted by molar-refractivity contribution is -0.121. The summed E-state index contributed by atoms with van der Waals surface area (Å²) in [4.78, 5) is 11.2. The smallest absolute Gasteiger partial charge is 0.133 e. The molecule has 0 unspecified atom stereocenters. The first-order valence-electron chi connectivity index (χ1n) is 6.22. The Labute approximate surface area is 112 Å². The van der Waals surface area contributed by atoms with Crippen LogP contribution >= 0.6 is 0 Å². The lowest BCUT2D eigenvalue weighted by Gasteiger charge is -2.23. The fourth-order valence-corrected chi connectivity index (χ4v) is 2.27. The number of ether oxygens (including phenoxy) is 1. The number of ketones is 1. The molecule has 19 heavy (non-hydrogen) atoms. The van der Waals surface area contributed by atoms with E-state index < -0.39 is 5.60 Å². The standard InChI is InChI=1S/C16H18O3/c1-11(17)10-16(2,18)14-6-4-13-9-15(19-3)7-5-12(13)8-14/h4-9,18H,10H2,1-3H3/t16-/m0/s1. The number of Topliss-reactive ketones (excluding diaryl/α,β-unsaturated/α-hetero) is 1. The summed E-state index contributed by atoms with van der Waals surface area (Å²) in [6.07, 6.45) is 0.120. The van der Waals surface area contributed by atoms with Crippen molar-refractivity contribution in [2.75, 3.05) is 7.11 Å². The zero-order valence-corrected chi connectivity index (χ0v) is 11.4. The van der Waals surface area contributed by atoms with Crippen LogP contribution in [0, 0.1) is 0 Å². The lowest BCUT2D eigenvalue weighted by Crippen LogP contribution is -2.24. The van der Waals surface area contributed by atoms with Crippen LogP contribution in [-0.4, -0.2) is 18.0 Å². The highest BCUT2D eigenvalue weighted by molar-refractivity contribution is 5.85. The highest BCUT2D eigenvalue weighted by Gasteiger charge is 2.25. The molecule has 0 saturated heterocycles. The topological polar surface area (TPSA) is 46.5 Å². The van der Waals surface area contributed by atoms with Gasteiger partial charge in [0.1, 0.15) is 11.5 Å². The summed E-state index contributed by atoms with van der Waals surface area (Å²) >= 11 is 0. The number of rotatable bonds is 4. The molecule has 100 valence electrons. The molecule has 1 atom stereocenters. The molecular formula is C16H18O3. The molecule has 0 fully saturated rings. The summed E-state index contributed by atoms with van der Waals surface area (Å²) in [5, 5.41) is 12.4. The first-order chi connectivity index (χ1) is 8.92. The minimum atomic E-state index is -1.13. The third-order valence-electron chi connectivity index (χ3n) is 3.26. The average molecular weight is 258 g/mol. The minimum Gasteiger partial charge on any atom is -0.497 e. The highest BCUT2D eigenvalue weighted by atomic mass is 16.5. The van der Waals surface area contributed by atoms with Gasteiger partial charge in [0, 0.05) is 6.42 Å². The van der Waals surface area contributed by atoms with E-state index in [1.54, 1.807) is 14.0 Å². The monoisotopic (exact) mass is 258 g/mol. The third-order valence-corrected chi connectivity index (χ3v) is 3.26. The van der Waals surface area contributed by atoms with Crippen molar-refractivity contribution < 1.29 is 14.6 Å². The minimum absolute atomic E-state index is 0.0279. The number of carbonyl (C=O) groups is 1. The quantitative estimate of drug-likeness (QED) is 0.916. The van der Waals surface area contributed by atoms with Crippen LogP contribution in [0.3, 0.4) is 0 Å². The van der Waals surface area contributed by atoms with E-state index in [9.17, 15) is 9.90 Å². The maximum atomic E-state index is 11.2. The second-order valence-corrected chi connectivity index (χ2v) is 5.08. The van der Waals surface area contributed by atoms with Gasteiger partial charge in [-0.3, -0.25) is 4.79 Å². The largest absolute Gasteiger partial charge is 0.497 e. The van der Waals surface area contributed by atoms with E-state index in [1.807, 2.05) is 36.4 Å². The Balaban J connectivity index is 2.44. The van der Waals surface area contributed by atoms with Crippen LogP contribution in [0.4, 0.5) is 0 Å². The van der Waals surface area contributed by atoms with Crippen molar-refractivity contribution >= 4 is 16.6 Å². The van der Waals surface area contributed by atoms with E-state index in [1.165, 1.54) is 6.92 Å². The Bertz CT molecular complexity index is 614. The molecule has 0 spiro atoms. The van der Waals surface area contributed by atoms with Gasteiger partial charge in [0.2, 0.25) is 0 Å². The Morgan fingerprint density at radius 1 is 1.21 bits per heavy atom. The Hall–Kier alpha value is -1.87. The maximum absolute atomic E-state index is 11.2. The highest BCUT2D eigenvalue weighted by Crippen LogP contribution is 2.29. The predicted octanol–water partition coefficient (Wildman–Crippen LogP) is 3.04. The van der Waals surface area contributed by atoms with Crippen molar-refractivity contribution in [3.8, 4) is 5.75 Å². The molecule has 0 radical (unpaired) electrons. The van der Waals surface area contributed by atoms with Gasteiger partial charge >= 0.3 is 0 Å². The van der Waals surface area contributed by atoms with Crippen molar-refractivity contribution in [2.45, 2.75) is 25.9 Å². The predicted molar refractivity (Wildman–Crippen MR) is 75.4 cm³/mol. The summed E-state index contributed by atoms with van der Waals surface area (Å²) in [6, 6.07) is 11.5. The van der Waals surface area contributed by atoms with Crippen LogP contribution in [0.5, 0.6) is 5.75 Å². The van der Waals surface area contributed by atoms with Crippen molar-refractivity contribution in [1.82, 2.24) is 0 Å². The van der Waals surface area contributed by atoms with Gasteiger partial charge in [-0.05, 0) is 48.4 Å². The molecular weight excluding hydrogens is 240 g/mol. The second-order valence-electron chi connectivity index (χ2n) is 5.08. The number of methoxy groups -OCH3 is 1. The maximum Gasteiger partial charge on any atom is 0.133 e. The molecule has 0 heterocycles. The normalized spacial score (nSPS) is 14.1. The average Bonchev–Trinajstić information content (AvgIpc) is 2.36. The van der Waals surface area contributed by atoms with Gasteiger partial charge in [-0.25, -0.2) is 0 Å². The molecule has 0 aromatic heterocycles. The zero-order valence-electron chi connectivity index (χ0n) is 11.4. The Morgan fingerprint density at radius 3 is 2.47 bits per heavy atom. The van der Waals surface area contributed by atoms with Gasteiger partial charge in [-0.1, -0.05) is 18.2 Å². The zero-order chi connectivity index (χ0) is 14.0. The number of hydrogen-bond donors (Lipinski definition) is 1. The molecule has 2 aromatic carbocycles. The lowest BCUT2D eigenvalue weighted by atomic mass is 9.89. The third kappa shape index (κ3) is 2.93. The summed E-state index contributed by atoms with van der Waals surface area (Å²) in [5.41, 5.74) is -0.375. The van der Waals surface area contributed by atoms with Crippen molar-refractivity contribution in [3.05, 3.63) is 42.0 Å². The van der Waals surface area contributed by atoms with Gasteiger partial charge in [-0.15, -0.1) is 0 Å². The molecule has 0 aliphatic rings. The van der Waals surface area contributed by atoms with Gasteiger partial charge in [0.25, 0.3) is 0 Å². The number of hydrogen-bond acceptors (Lipinski definition) is 3. The SMILES string of the molecule is COc1ccc2cc([C@@](C)(O)CC(C)=O)ccc2c1. The van der Waals surface area contributed by atoms with Crippen LogP contribution < -0.4 is 4.74 Å². The number of carbonyl (C=O) groups excluding carboxylic acids is 1. The van der Waals surface area contributed by atoms with Gasteiger partial charge in [0.05, 0.1) is 12.7 Å². The van der Waals surface area contributed by atoms with E-state index in [4.69, 9.17) is 4.74 Å². The van der Waals surface area contributed by atoms with E-state index in [-0.39, 0.29) is 12.2 Å². The molecule has 3 nitrogen and oxygen atoms in total. The van der Waals surface area contributed by atoms with E-state index in [0.29, 0.717) is 0 Å². The van der Waals surface area contributed by atoms with Gasteiger partial charge < -0.3 is 9.84 Å². The first kappa shape index (κ1) is 13.6. The Morgan fingerprint density at radius 2 is 1.84 bits per heavy atom. The fourth-order valence-electron chi connectivity index (χ4n) is 2.27. The molecule has 0 aliphatic heterocycles. The van der Waals surface area contributed by atoms with Gasteiger partial charge in [0.15, 0.2) is 0 Å². The van der Waals surface area contributed by atoms with Crippen LogP contribution in [0.15, 0.2) is 36.4 Å². The van der Waals surface area contributed by atoms with Crippen molar-refractivity contribution in [2.24, 2.45) is 0 Å². The molecule has 2 aromatic rings. The molecule has 2 rings (SSSR count). The van der Waals surface area contributed by atoms with E-state index >= 15 is 0 Å². The summed E-state index contributed by atoms with van der Waals surface area (Å²) in [7, 11) is 1.63. The summed E-state index contributed by atoms with van der Waals surface area (Å²) < 4.78 is 5.18. The van der Waals surface area contributed by atoms with Crippen molar-refractivity contribution in [3.63, 3.8) is 0 Å². The molecule has 3 heteroatoms. The molecule has 0 saturated carbocycles. The molecule has 0 aliphatic carbocycles. The Kier molecular flexibility index (Phi) is 3.58. The van der Waals surface area contributed by atoms with Crippen LogP contribution in [-0.2, 0) is 10.4 Å². The van der Waals surface area contributed by atoms with Crippen LogP contribution in [0.1, 0.15) is 25.8 Å². The number of fused-ring (bicyclic) bond motifs is 1.